The van der Waals surface area contributed by atoms with Crippen molar-refractivity contribution in [3.63, 3.8) is 0 Å². The van der Waals surface area contributed by atoms with Gasteiger partial charge in [-0.25, -0.2) is 0 Å². The average Bonchev–Trinajstić information content (AvgIpc) is 1.49. The van der Waals surface area contributed by atoms with Crippen LogP contribution in [0.25, 0.3) is 0 Å². The van der Waals surface area contributed by atoms with E-state index in [0.717, 1.165) is 6.42 Å². The van der Waals surface area contributed by atoms with Gasteiger partial charge in [-0.3, -0.25) is 0 Å². The van der Waals surface area contributed by atoms with Gasteiger partial charge in [-0.15, -0.1) is 0 Å². The van der Waals surface area contributed by atoms with Gasteiger partial charge in [0.05, 0.1) is 0 Å². The summed E-state index contributed by atoms with van der Waals surface area (Å²) < 4.78 is 0. The molecule has 1 radical (unpaired) electrons. The molecule has 0 heteroatoms. The van der Waals surface area contributed by atoms with Gasteiger partial charge in [-0.05, 0) is 31.1 Å². The minimum atomic E-state index is 0.0787. The number of hydrogen-bond acceptors (Lipinski definition) is 0. The third kappa shape index (κ3) is 7.84. The maximum Gasteiger partial charge on any atom is -0.0172 e. The molecule has 71 valence electrons. The predicted molar refractivity (Wildman–Crippen MR) is 57.0 cm³/mol. The van der Waals surface area contributed by atoms with Crippen LogP contribution in [0.15, 0.2) is 11.6 Å². The van der Waals surface area contributed by atoms with Crippen LogP contribution in [0.1, 0.15) is 48.0 Å². The summed E-state index contributed by atoms with van der Waals surface area (Å²) in [5.41, 5.74) is 1.92. The van der Waals surface area contributed by atoms with E-state index in [1.807, 2.05) is 0 Å². The van der Waals surface area contributed by atoms with E-state index in [0.29, 0.717) is 5.41 Å². The van der Waals surface area contributed by atoms with Crippen LogP contribution in [0.3, 0.4) is 0 Å². The Hall–Kier alpha value is -0.260. The zero-order chi connectivity index (χ0) is 9.99. The molecule has 0 aliphatic carbocycles. The molecule has 0 spiro atoms. The van der Waals surface area contributed by atoms with E-state index in [1.165, 1.54) is 5.57 Å². The summed E-state index contributed by atoms with van der Waals surface area (Å²) in [6.45, 7) is 17.3. The standard InChI is InChI=1S/C12H23/c1-10(8-11(2,3)4)9-12(5,6)7/h8H,2,9H2,1,3-7H3/b10-8+. The largest absolute Gasteiger partial charge is 0.0799 e. The molecule has 0 rings (SSSR count). The van der Waals surface area contributed by atoms with Crippen molar-refractivity contribution in [2.24, 2.45) is 10.8 Å². The van der Waals surface area contributed by atoms with Gasteiger partial charge in [0.1, 0.15) is 0 Å². The first-order chi connectivity index (χ1) is 5.10. The lowest BCUT2D eigenvalue weighted by molar-refractivity contribution is 0.406. The molecule has 0 aromatic heterocycles. The van der Waals surface area contributed by atoms with Crippen molar-refractivity contribution in [1.29, 1.82) is 0 Å². The van der Waals surface area contributed by atoms with E-state index in [2.05, 4.69) is 54.5 Å². The third-order valence-electron chi connectivity index (χ3n) is 1.45. The van der Waals surface area contributed by atoms with Crippen LogP contribution in [0.2, 0.25) is 0 Å². The number of hydrogen-bond donors (Lipinski definition) is 0. The SMILES string of the molecule is [CH2]C(C)(C)/C=C(\C)CC(C)(C)C. The molecule has 0 aliphatic heterocycles. The molecule has 12 heavy (non-hydrogen) atoms. The van der Waals surface area contributed by atoms with Gasteiger partial charge in [-0.1, -0.05) is 46.3 Å². The fraction of sp³-hybridized carbons (Fsp3) is 0.750. The Morgan fingerprint density at radius 2 is 1.58 bits per heavy atom. The van der Waals surface area contributed by atoms with Crippen LogP contribution in [0, 0.1) is 17.8 Å². The first kappa shape index (κ1) is 11.7. The smallest absolute Gasteiger partial charge is 0.0172 e. The van der Waals surface area contributed by atoms with Crippen LogP contribution in [-0.2, 0) is 0 Å². The van der Waals surface area contributed by atoms with Gasteiger partial charge in [0.25, 0.3) is 0 Å². The summed E-state index contributed by atoms with van der Waals surface area (Å²) in [5.74, 6) is 0. The molecular formula is C12H23. The van der Waals surface area contributed by atoms with Crippen LogP contribution < -0.4 is 0 Å². The molecule has 0 amide bonds. The summed E-state index contributed by atoms with van der Waals surface area (Å²) in [7, 11) is 0. The Bertz CT molecular complexity index is 159. The van der Waals surface area contributed by atoms with E-state index >= 15 is 0 Å². The lowest BCUT2D eigenvalue weighted by Gasteiger charge is -2.21. The Morgan fingerprint density at radius 1 is 1.17 bits per heavy atom. The minimum Gasteiger partial charge on any atom is -0.0799 e. The molecule has 0 heterocycles. The molecular weight excluding hydrogens is 144 g/mol. The molecule has 0 bridgehead atoms. The Labute approximate surface area is 78.1 Å². The molecule has 0 nitrogen and oxygen atoms in total. The van der Waals surface area contributed by atoms with E-state index in [1.54, 1.807) is 0 Å². The van der Waals surface area contributed by atoms with E-state index < -0.39 is 0 Å². The lowest BCUT2D eigenvalue weighted by Crippen LogP contribution is -2.08. The zero-order valence-electron chi connectivity index (χ0n) is 9.49. The predicted octanol–water partition coefficient (Wildman–Crippen LogP) is 4.23. The van der Waals surface area contributed by atoms with E-state index in [-0.39, 0.29) is 5.41 Å². The summed E-state index contributed by atoms with van der Waals surface area (Å²) in [4.78, 5) is 0. The minimum absolute atomic E-state index is 0.0787. The highest BCUT2D eigenvalue weighted by atomic mass is 14.2. The first-order valence-electron chi connectivity index (χ1n) is 4.64. The fourth-order valence-electron chi connectivity index (χ4n) is 1.55. The Kier molecular flexibility index (Phi) is 3.56. The summed E-state index contributed by atoms with van der Waals surface area (Å²) in [6.07, 6.45) is 3.42. The second kappa shape index (κ2) is 3.64. The molecule has 0 fully saturated rings. The van der Waals surface area contributed by atoms with Crippen molar-refractivity contribution < 1.29 is 0 Å². The van der Waals surface area contributed by atoms with Crippen LogP contribution in [-0.4, -0.2) is 0 Å². The van der Waals surface area contributed by atoms with Crippen molar-refractivity contribution in [1.82, 2.24) is 0 Å². The second-order valence-electron chi connectivity index (χ2n) is 5.72. The maximum absolute atomic E-state index is 4.06. The number of rotatable bonds is 2. The Balaban J connectivity index is 4.23. The fourth-order valence-corrected chi connectivity index (χ4v) is 1.55. The van der Waals surface area contributed by atoms with E-state index in [4.69, 9.17) is 0 Å². The van der Waals surface area contributed by atoms with Crippen molar-refractivity contribution >= 4 is 0 Å². The van der Waals surface area contributed by atoms with Gasteiger partial charge in [0.15, 0.2) is 0 Å². The molecule has 0 N–H and O–H groups in total. The monoisotopic (exact) mass is 167 g/mol. The van der Waals surface area contributed by atoms with Crippen molar-refractivity contribution in [2.75, 3.05) is 0 Å². The molecule has 0 atom stereocenters. The highest BCUT2D eigenvalue weighted by molar-refractivity contribution is 5.07. The van der Waals surface area contributed by atoms with Crippen LogP contribution >= 0.6 is 0 Å². The summed E-state index contributed by atoms with van der Waals surface area (Å²) in [6, 6.07) is 0. The van der Waals surface area contributed by atoms with Crippen molar-refractivity contribution in [3.05, 3.63) is 18.6 Å². The van der Waals surface area contributed by atoms with Gasteiger partial charge in [0, 0.05) is 0 Å². The van der Waals surface area contributed by atoms with Gasteiger partial charge in [-0.2, -0.15) is 0 Å². The molecule has 0 unspecified atom stereocenters. The van der Waals surface area contributed by atoms with Gasteiger partial charge in [0.2, 0.25) is 0 Å². The summed E-state index contributed by atoms with van der Waals surface area (Å²) >= 11 is 0. The first-order valence-corrected chi connectivity index (χ1v) is 4.64. The van der Waals surface area contributed by atoms with Gasteiger partial charge < -0.3 is 0 Å². The van der Waals surface area contributed by atoms with Crippen LogP contribution in [0.5, 0.6) is 0 Å². The lowest BCUT2D eigenvalue weighted by atomic mass is 9.85. The quantitative estimate of drug-likeness (QED) is 0.540. The average molecular weight is 167 g/mol. The molecule has 0 saturated heterocycles. The molecule has 0 saturated carbocycles. The maximum atomic E-state index is 4.06. The third-order valence-corrected chi connectivity index (χ3v) is 1.45. The number of allylic oxidation sites excluding steroid dienone is 2. The highest BCUT2D eigenvalue weighted by Crippen LogP contribution is 2.26. The Morgan fingerprint density at radius 3 is 1.83 bits per heavy atom. The van der Waals surface area contributed by atoms with Crippen LogP contribution in [0.4, 0.5) is 0 Å². The van der Waals surface area contributed by atoms with E-state index in [9.17, 15) is 0 Å². The van der Waals surface area contributed by atoms with Crippen molar-refractivity contribution in [2.45, 2.75) is 48.0 Å². The molecule has 0 aliphatic rings. The second-order valence-corrected chi connectivity index (χ2v) is 5.72. The highest BCUT2D eigenvalue weighted by Gasteiger charge is 2.13. The zero-order valence-corrected chi connectivity index (χ0v) is 9.49. The van der Waals surface area contributed by atoms with Crippen molar-refractivity contribution in [3.8, 4) is 0 Å². The normalized spacial score (nSPS) is 15.1. The molecule has 0 aromatic rings. The van der Waals surface area contributed by atoms with Gasteiger partial charge >= 0.3 is 0 Å². The topological polar surface area (TPSA) is 0 Å². The molecule has 0 aromatic carbocycles. The summed E-state index contributed by atoms with van der Waals surface area (Å²) in [5, 5.41) is 0.